The fourth-order valence-electron chi connectivity index (χ4n) is 4.37. The molecule has 7 heteroatoms. The highest BCUT2D eigenvalue weighted by atomic mass is 16.5. The monoisotopic (exact) mass is 345 g/mol. The van der Waals surface area contributed by atoms with Crippen LogP contribution in [0, 0.1) is 5.41 Å². The molecule has 1 atom stereocenters. The van der Waals surface area contributed by atoms with Gasteiger partial charge in [0.05, 0.1) is 19.4 Å². The van der Waals surface area contributed by atoms with Gasteiger partial charge in [-0.15, -0.1) is 0 Å². The van der Waals surface area contributed by atoms with Gasteiger partial charge in [0.15, 0.2) is 0 Å². The number of ether oxygens (including phenoxy) is 1. The molecule has 0 saturated carbocycles. The van der Waals surface area contributed by atoms with Crippen molar-refractivity contribution >= 4 is 11.8 Å². The summed E-state index contributed by atoms with van der Waals surface area (Å²) in [4.78, 5) is 27.8. The molecule has 3 aliphatic rings. The van der Waals surface area contributed by atoms with Gasteiger partial charge in [-0.25, -0.2) is 9.78 Å². The highest BCUT2D eigenvalue weighted by Crippen LogP contribution is 2.34. The third-order valence-electron chi connectivity index (χ3n) is 5.62. The summed E-state index contributed by atoms with van der Waals surface area (Å²) in [6.07, 6.45) is 9.64. The lowest BCUT2D eigenvalue weighted by Gasteiger charge is -2.44. The first-order chi connectivity index (χ1) is 12.3. The van der Waals surface area contributed by atoms with Crippen LogP contribution in [0.2, 0.25) is 0 Å². The van der Waals surface area contributed by atoms with E-state index in [0.29, 0.717) is 13.2 Å². The number of carbonyl (C=O) groups is 1. The first-order valence-electron chi connectivity index (χ1n) is 9.38. The lowest BCUT2D eigenvalue weighted by molar-refractivity contribution is 0.0200. The van der Waals surface area contributed by atoms with Crippen molar-refractivity contribution < 1.29 is 9.53 Å². The van der Waals surface area contributed by atoms with Gasteiger partial charge in [0.2, 0.25) is 0 Å². The number of piperidine rings is 1. The second-order valence-corrected chi connectivity index (χ2v) is 7.54. The van der Waals surface area contributed by atoms with Crippen molar-refractivity contribution in [1.82, 2.24) is 19.8 Å². The van der Waals surface area contributed by atoms with Crippen molar-refractivity contribution in [2.24, 2.45) is 5.41 Å². The second-order valence-electron chi connectivity index (χ2n) is 7.54. The van der Waals surface area contributed by atoms with Crippen LogP contribution in [-0.4, -0.2) is 78.3 Å². The molecular formula is C18H27N5O2. The first kappa shape index (κ1) is 16.6. The van der Waals surface area contributed by atoms with Gasteiger partial charge in [-0.05, 0) is 25.7 Å². The molecule has 0 N–H and O–H groups in total. The average Bonchev–Trinajstić information content (AvgIpc) is 3.12. The summed E-state index contributed by atoms with van der Waals surface area (Å²) in [6, 6.07) is 0.215. The van der Waals surface area contributed by atoms with E-state index >= 15 is 0 Å². The molecule has 4 heterocycles. The third kappa shape index (κ3) is 3.56. The van der Waals surface area contributed by atoms with Crippen LogP contribution in [0.1, 0.15) is 25.7 Å². The highest BCUT2D eigenvalue weighted by molar-refractivity contribution is 5.75. The highest BCUT2D eigenvalue weighted by Gasteiger charge is 2.41. The van der Waals surface area contributed by atoms with E-state index in [4.69, 9.17) is 4.74 Å². The summed E-state index contributed by atoms with van der Waals surface area (Å²) in [6.45, 7) is 6.55. The molecule has 1 aromatic heterocycles. The van der Waals surface area contributed by atoms with Crippen LogP contribution in [0.15, 0.2) is 18.6 Å². The van der Waals surface area contributed by atoms with Gasteiger partial charge >= 0.3 is 6.03 Å². The van der Waals surface area contributed by atoms with Gasteiger partial charge in [-0.3, -0.25) is 4.98 Å². The minimum absolute atomic E-state index is 0.0122. The first-order valence-corrected chi connectivity index (χ1v) is 9.38. The van der Waals surface area contributed by atoms with E-state index < -0.39 is 0 Å². The molecule has 4 rings (SSSR count). The van der Waals surface area contributed by atoms with Gasteiger partial charge in [0.1, 0.15) is 5.82 Å². The molecule has 1 aromatic rings. The molecular weight excluding hydrogens is 318 g/mol. The zero-order valence-electron chi connectivity index (χ0n) is 14.8. The Morgan fingerprint density at radius 1 is 1.04 bits per heavy atom. The molecule has 3 aliphatic heterocycles. The van der Waals surface area contributed by atoms with Crippen LogP contribution in [0.5, 0.6) is 0 Å². The van der Waals surface area contributed by atoms with Crippen LogP contribution in [-0.2, 0) is 4.74 Å². The molecule has 136 valence electrons. The Bertz CT molecular complexity index is 592. The summed E-state index contributed by atoms with van der Waals surface area (Å²) in [7, 11) is 0. The van der Waals surface area contributed by atoms with E-state index in [-0.39, 0.29) is 11.4 Å². The number of likely N-dealkylation sites (tertiary alicyclic amines) is 2. The second kappa shape index (κ2) is 7.15. The molecule has 0 bridgehead atoms. The number of hydrogen-bond acceptors (Lipinski definition) is 5. The van der Waals surface area contributed by atoms with Gasteiger partial charge < -0.3 is 19.4 Å². The van der Waals surface area contributed by atoms with Crippen molar-refractivity contribution in [3.63, 3.8) is 0 Å². The zero-order chi connectivity index (χ0) is 17.1. The lowest BCUT2D eigenvalue weighted by atomic mass is 9.80. The van der Waals surface area contributed by atoms with Gasteiger partial charge in [0, 0.05) is 57.1 Å². The maximum atomic E-state index is 12.8. The standard InChI is InChI=1S/C18H27N5O2/c24-17(21-7-1-2-8-21)23-9-3-4-18(14-23)13-22(10-11-25-15-18)16-12-19-5-6-20-16/h5-6,12H,1-4,7-11,13-15H2. The topological polar surface area (TPSA) is 61.8 Å². The largest absolute Gasteiger partial charge is 0.379 e. The smallest absolute Gasteiger partial charge is 0.320 e. The van der Waals surface area contributed by atoms with Crippen LogP contribution >= 0.6 is 0 Å². The lowest BCUT2D eigenvalue weighted by Crippen LogP contribution is -2.54. The van der Waals surface area contributed by atoms with E-state index in [1.807, 2.05) is 11.1 Å². The average molecular weight is 345 g/mol. The Labute approximate surface area is 149 Å². The SMILES string of the molecule is O=C(N1CCCC1)N1CCCC2(COCCN(c3cnccn3)C2)C1. The van der Waals surface area contributed by atoms with E-state index in [1.54, 1.807) is 12.4 Å². The molecule has 1 spiro atoms. The van der Waals surface area contributed by atoms with Crippen molar-refractivity contribution in [3.8, 4) is 0 Å². The molecule has 0 aliphatic carbocycles. The Morgan fingerprint density at radius 3 is 2.68 bits per heavy atom. The maximum Gasteiger partial charge on any atom is 0.320 e. The molecule has 25 heavy (non-hydrogen) atoms. The Hall–Kier alpha value is -1.89. The number of nitrogens with zero attached hydrogens (tertiary/aromatic N) is 5. The Balaban J connectivity index is 1.49. The van der Waals surface area contributed by atoms with Crippen LogP contribution in [0.25, 0.3) is 0 Å². The quantitative estimate of drug-likeness (QED) is 0.774. The van der Waals surface area contributed by atoms with Gasteiger partial charge in [0.25, 0.3) is 0 Å². The van der Waals surface area contributed by atoms with Gasteiger partial charge in [-0.2, -0.15) is 0 Å². The predicted octanol–water partition coefficient (Wildman–Crippen LogP) is 1.61. The zero-order valence-corrected chi connectivity index (χ0v) is 14.8. The van der Waals surface area contributed by atoms with Gasteiger partial charge in [-0.1, -0.05) is 0 Å². The number of urea groups is 1. The Kier molecular flexibility index (Phi) is 4.74. The summed E-state index contributed by atoms with van der Waals surface area (Å²) in [5.41, 5.74) is -0.0122. The normalized spacial score (nSPS) is 27.6. The molecule has 0 radical (unpaired) electrons. The molecule has 3 fully saturated rings. The Morgan fingerprint density at radius 2 is 1.88 bits per heavy atom. The summed E-state index contributed by atoms with van der Waals surface area (Å²) in [5, 5.41) is 0. The predicted molar refractivity (Wildman–Crippen MR) is 94.5 cm³/mol. The van der Waals surface area contributed by atoms with E-state index in [1.165, 1.54) is 0 Å². The van der Waals surface area contributed by atoms with E-state index in [0.717, 1.165) is 70.8 Å². The maximum absolute atomic E-state index is 12.8. The number of anilines is 1. The van der Waals surface area contributed by atoms with Crippen LogP contribution in [0.3, 0.4) is 0 Å². The van der Waals surface area contributed by atoms with E-state index in [2.05, 4.69) is 19.8 Å². The minimum atomic E-state index is -0.0122. The number of amides is 2. The summed E-state index contributed by atoms with van der Waals surface area (Å²) in [5.74, 6) is 0.898. The fraction of sp³-hybridized carbons (Fsp3) is 0.722. The van der Waals surface area contributed by atoms with Crippen molar-refractivity contribution in [2.45, 2.75) is 25.7 Å². The molecule has 0 aromatic carbocycles. The number of carbonyl (C=O) groups excluding carboxylic acids is 1. The number of aromatic nitrogens is 2. The molecule has 2 amide bonds. The molecule has 3 saturated heterocycles. The van der Waals surface area contributed by atoms with Crippen molar-refractivity contribution in [3.05, 3.63) is 18.6 Å². The number of rotatable bonds is 1. The van der Waals surface area contributed by atoms with Crippen LogP contribution in [0.4, 0.5) is 10.6 Å². The van der Waals surface area contributed by atoms with Crippen molar-refractivity contribution in [1.29, 1.82) is 0 Å². The van der Waals surface area contributed by atoms with Crippen LogP contribution < -0.4 is 4.90 Å². The minimum Gasteiger partial charge on any atom is -0.379 e. The molecule has 1 unspecified atom stereocenters. The summed E-state index contributed by atoms with van der Waals surface area (Å²) >= 11 is 0. The van der Waals surface area contributed by atoms with Crippen molar-refractivity contribution in [2.75, 3.05) is 57.4 Å². The number of hydrogen-bond donors (Lipinski definition) is 0. The third-order valence-corrected chi connectivity index (χ3v) is 5.62. The van der Waals surface area contributed by atoms with E-state index in [9.17, 15) is 4.79 Å². The summed E-state index contributed by atoms with van der Waals surface area (Å²) < 4.78 is 5.95. The molecule has 7 nitrogen and oxygen atoms in total. The fourth-order valence-corrected chi connectivity index (χ4v) is 4.37.